The largest absolute Gasteiger partial charge is 0.493 e. The van der Waals surface area contributed by atoms with Gasteiger partial charge in [0, 0.05) is 0 Å². The lowest BCUT2D eigenvalue weighted by molar-refractivity contribution is -0.309. The topological polar surface area (TPSA) is 27.7 Å². The molecule has 0 bridgehead atoms. The second-order valence-electron chi connectivity index (χ2n) is 8.15. The molecule has 0 radical (unpaired) electrons. The molecule has 1 saturated carbocycles. The van der Waals surface area contributed by atoms with Crippen LogP contribution in [0.1, 0.15) is 68.9 Å². The Labute approximate surface area is 179 Å². The van der Waals surface area contributed by atoms with E-state index < -0.39 is 35.9 Å². The van der Waals surface area contributed by atoms with Crippen molar-refractivity contribution in [3.05, 3.63) is 41.7 Å². The molecule has 0 N–H and O–H groups in total. The lowest BCUT2D eigenvalue weighted by Gasteiger charge is -2.36. The minimum Gasteiger partial charge on any atom is -0.493 e. The van der Waals surface area contributed by atoms with Crippen LogP contribution >= 0.6 is 0 Å². The molecule has 1 aliphatic carbocycles. The van der Waals surface area contributed by atoms with E-state index in [0.29, 0.717) is 32.1 Å². The van der Waals surface area contributed by atoms with Crippen LogP contribution in [0.2, 0.25) is 0 Å². The van der Waals surface area contributed by atoms with E-state index in [0.717, 1.165) is 0 Å². The minimum atomic E-state index is -3.31. The van der Waals surface area contributed by atoms with Gasteiger partial charge in [0.25, 0.3) is 6.43 Å². The number of rotatable bonds is 8. The third-order valence-electron chi connectivity index (χ3n) is 6.17. The Morgan fingerprint density at radius 3 is 2.42 bits per heavy atom. The van der Waals surface area contributed by atoms with E-state index in [9.17, 15) is 22.0 Å². The van der Waals surface area contributed by atoms with Crippen LogP contribution in [0, 0.1) is 11.7 Å². The standard InChI is InChI=1S/C23H29F5O3/c1-3-16-10-7-15(13-30-16)23(27,28)31-17-8-5-14(6-9-17)18-11-12-19(29-4-2)20(21(18)24)22(25)26/h3,11-12,14-17,22H,1,4-10,13H2,2H3. The summed E-state index contributed by atoms with van der Waals surface area (Å²) in [6, 6.07) is 2.82. The molecule has 0 spiro atoms. The number of hydrogen-bond donors (Lipinski definition) is 0. The van der Waals surface area contributed by atoms with Gasteiger partial charge in [0.15, 0.2) is 0 Å². The molecule has 0 amide bonds. The monoisotopic (exact) mass is 448 g/mol. The van der Waals surface area contributed by atoms with Crippen molar-refractivity contribution in [2.24, 2.45) is 5.92 Å². The molecule has 2 atom stereocenters. The van der Waals surface area contributed by atoms with E-state index in [-0.39, 0.29) is 43.0 Å². The average molecular weight is 448 g/mol. The van der Waals surface area contributed by atoms with Gasteiger partial charge in [-0.2, -0.15) is 8.78 Å². The van der Waals surface area contributed by atoms with Gasteiger partial charge in [-0.3, -0.25) is 0 Å². The van der Waals surface area contributed by atoms with Crippen LogP contribution in [0.3, 0.4) is 0 Å². The Hall–Kier alpha value is -1.67. The summed E-state index contributed by atoms with van der Waals surface area (Å²) in [7, 11) is 0. The zero-order chi connectivity index (χ0) is 22.6. The smallest absolute Gasteiger partial charge is 0.361 e. The van der Waals surface area contributed by atoms with Gasteiger partial charge >= 0.3 is 6.11 Å². The summed E-state index contributed by atoms with van der Waals surface area (Å²) >= 11 is 0. The molecule has 3 nitrogen and oxygen atoms in total. The second kappa shape index (κ2) is 10.3. The normalized spacial score (nSPS) is 27.3. The maximum Gasteiger partial charge on any atom is 0.361 e. The number of ether oxygens (including phenoxy) is 3. The van der Waals surface area contributed by atoms with Gasteiger partial charge in [0.05, 0.1) is 36.9 Å². The first-order valence-electron chi connectivity index (χ1n) is 10.8. The Bertz CT molecular complexity index is 739. The second-order valence-corrected chi connectivity index (χ2v) is 8.15. The molecular formula is C23H29F5O3. The van der Waals surface area contributed by atoms with Crippen LogP contribution < -0.4 is 4.74 Å². The van der Waals surface area contributed by atoms with E-state index in [4.69, 9.17) is 14.2 Å². The highest BCUT2D eigenvalue weighted by atomic mass is 19.3. The van der Waals surface area contributed by atoms with Crippen molar-refractivity contribution >= 4 is 0 Å². The number of benzene rings is 1. The van der Waals surface area contributed by atoms with E-state index in [1.807, 2.05) is 0 Å². The SMILES string of the molecule is C=CC1CCC(C(F)(F)OC2CCC(c3ccc(OCC)c(C(F)F)c3F)CC2)CO1. The molecule has 2 aliphatic rings. The Balaban J connectivity index is 1.61. The molecule has 0 aromatic heterocycles. The van der Waals surface area contributed by atoms with Crippen LogP contribution in [0.15, 0.2) is 24.8 Å². The zero-order valence-electron chi connectivity index (χ0n) is 17.6. The molecule has 1 heterocycles. The maximum absolute atomic E-state index is 14.8. The predicted octanol–water partition coefficient (Wildman–Crippen LogP) is 6.78. The number of hydrogen-bond acceptors (Lipinski definition) is 3. The van der Waals surface area contributed by atoms with Gasteiger partial charge < -0.3 is 14.2 Å². The number of halogens is 5. The van der Waals surface area contributed by atoms with Crippen molar-refractivity contribution in [2.75, 3.05) is 13.2 Å². The van der Waals surface area contributed by atoms with E-state index in [1.165, 1.54) is 12.1 Å². The van der Waals surface area contributed by atoms with Crippen LogP contribution in [-0.2, 0) is 9.47 Å². The molecule has 1 aromatic carbocycles. The van der Waals surface area contributed by atoms with Crippen LogP contribution in [0.25, 0.3) is 0 Å². The van der Waals surface area contributed by atoms with Crippen molar-refractivity contribution in [2.45, 2.75) is 76.1 Å². The van der Waals surface area contributed by atoms with Gasteiger partial charge in [0.1, 0.15) is 11.6 Å². The molecule has 2 unspecified atom stereocenters. The van der Waals surface area contributed by atoms with Crippen LogP contribution in [-0.4, -0.2) is 31.5 Å². The Kier molecular flexibility index (Phi) is 7.97. The molecular weight excluding hydrogens is 419 g/mol. The fourth-order valence-corrected chi connectivity index (χ4v) is 4.43. The summed E-state index contributed by atoms with van der Waals surface area (Å²) in [5.41, 5.74) is -0.556. The molecule has 3 rings (SSSR count). The average Bonchev–Trinajstić information content (AvgIpc) is 2.74. The van der Waals surface area contributed by atoms with Gasteiger partial charge in [0.2, 0.25) is 0 Å². The predicted molar refractivity (Wildman–Crippen MR) is 106 cm³/mol. The summed E-state index contributed by atoms with van der Waals surface area (Å²) in [5, 5.41) is 0. The molecule has 1 saturated heterocycles. The van der Waals surface area contributed by atoms with Gasteiger partial charge in [-0.15, -0.1) is 6.58 Å². The van der Waals surface area contributed by atoms with Crippen molar-refractivity contribution in [3.63, 3.8) is 0 Å². The van der Waals surface area contributed by atoms with Crippen LogP contribution in [0.4, 0.5) is 22.0 Å². The minimum absolute atomic E-state index is 0.0904. The first-order valence-corrected chi connectivity index (χ1v) is 10.8. The first-order chi connectivity index (χ1) is 14.8. The summed E-state index contributed by atoms with van der Waals surface area (Å²) in [6.45, 7) is 5.31. The quantitative estimate of drug-likeness (QED) is 0.324. The molecule has 31 heavy (non-hydrogen) atoms. The zero-order valence-corrected chi connectivity index (χ0v) is 17.6. The third kappa shape index (κ3) is 5.58. The highest BCUT2D eigenvalue weighted by Crippen LogP contribution is 2.43. The summed E-state index contributed by atoms with van der Waals surface area (Å²) in [6.07, 6.45) is -3.43. The highest BCUT2D eigenvalue weighted by Gasteiger charge is 2.45. The van der Waals surface area contributed by atoms with E-state index in [2.05, 4.69) is 6.58 Å². The van der Waals surface area contributed by atoms with Crippen molar-refractivity contribution < 1.29 is 36.2 Å². The highest BCUT2D eigenvalue weighted by molar-refractivity contribution is 5.41. The fourth-order valence-electron chi connectivity index (χ4n) is 4.43. The van der Waals surface area contributed by atoms with Crippen LogP contribution in [0.5, 0.6) is 5.75 Å². The third-order valence-corrected chi connectivity index (χ3v) is 6.17. The van der Waals surface area contributed by atoms with Crippen molar-refractivity contribution in [3.8, 4) is 5.75 Å². The van der Waals surface area contributed by atoms with Gasteiger partial charge in [-0.25, -0.2) is 13.2 Å². The lowest BCUT2D eigenvalue weighted by Crippen LogP contribution is -2.42. The van der Waals surface area contributed by atoms with Gasteiger partial charge in [-0.1, -0.05) is 12.1 Å². The van der Waals surface area contributed by atoms with Crippen molar-refractivity contribution in [1.29, 1.82) is 0 Å². The molecule has 1 aliphatic heterocycles. The van der Waals surface area contributed by atoms with Crippen molar-refractivity contribution in [1.82, 2.24) is 0 Å². The molecule has 1 aromatic rings. The van der Waals surface area contributed by atoms with E-state index >= 15 is 0 Å². The summed E-state index contributed by atoms with van der Waals surface area (Å²) < 4.78 is 86.4. The maximum atomic E-state index is 14.8. The summed E-state index contributed by atoms with van der Waals surface area (Å²) in [4.78, 5) is 0. The first kappa shape index (κ1) is 24.0. The lowest BCUT2D eigenvalue weighted by atomic mass is 9.81. The molecule has 2 fully saturated rings. The van der Waals surface area contributed by atoms with Gasteiger partial charge in [-0.05, 0) is 63.0 Å². The van der Waals surface area contributed by atoms with E-state index in [1.54, 1.807) is 13.0 Å². The Morgan fingerprint density at radius 2 is 1.87 bits per heavy atom. The number of alkyl halides is 4. The molecule has 174 valence electrons. The fraction of sp³-hybridized carbons (Fsp3) is 0.652. The Morgan fingerprint density at radius 1 is 1.16 bits per heavy atom. The summed E-state index contributed by atoms with van der Waals surface area (Å²) in [5.74, 6) is -2.47. The molecule has 8 heteroatoms.